The molecule has 1 saturated heterocycles. The zero-order valence-corrected chi connectivity index (χ0v) is 25.5. The molecule has 0 amide bonds. The molecule has 4 aromatic rings. The first-order valence-electron chi connectivity index (χ1n) is 15.4. The fourth-order valence-corrected chi connectivity index (χ4v) is 6.17. The molecule has 41 heavy (non-hydrogen) atoms. The molecule has 3 aromatic carbocycles. The zero-order valence-electron chi connectivity index (χ0n) is 24.7. The quantitative estimate of drug-likeness (QED) is 0.155. The summed E-state index contributed by atoms with van der Waals surface area (Å²) in [5.41, 5.74) is 4.87. The molecule has 1 aromatic heterocycles. The number of rotatable bonds is 14. The predicted octanol–water partition coefficient (Wildman–Crippen LogP) is 8.20. The number of imidazole rings is 1. The van der Waals surface area contributed by atoms with Gasteiger partial charge < -0.3 is 19.5 Å². The van der Waals surface area contributed by atoms with Gasteiger partial charge in [0.1, 0.15) is 18.2 Å². The van der Waals surface area contributed by atoms with Crippen LogP contribution in [0.3, 0.4) is 0 Å². The molecule has 2 heterocycles. The van der Waals surface area contributed by atoms with Gasteiger partial charge in [0.15, 0.2) is 0 Å². The number of para-hydroxylation sites is 1. The number of hydrogen-bond acceptors (Lipinski definition) is 4. The smallest absolute Gasteiger partial charge is 0.148 e. The number of fused-ring (bicyclic) bond motifs is 1. The van der Waals surface area contributed by atoms with Crippen molar-refractivity contribution in [1.82, 2.24) is 19.8 Å². The van der Waals surface area contributed by atoms with Crippen molar-refractivity contribution in [2.75, 3.05) is 26.2 Å². The van der Waals surface area contributed by atoms with E-state index in [0.717, 1.165) is 36.1 Å². The second-order valence-corrected chi connectivity index (χ2v) is 12.0. The zero-order chi connectivity index (χ0) is 28.4. The van der Waals surface area contributed by atoms with Crippen molar-refractivity contribution in [1.29, 1.82) is 0 Å². The number of unbranched alkanes of at least 4 members (excludes halogenated alkanes) is 1. The van der Waals surface area contributed by atoms with Gasteiger partial charge in [-0.1, -0.05) is 54.1 Å². The number of likely N-dealkylation sites (tertiary alicyclic amines) is 1. The fraction of sp³-hybridized carbons (Fsp3) is 0.457. The summed E-state index contributed by atoms with van der Waals surface area (Å²) in [6.45, 7) is 10.6. The standard InChI is InChI=1S/C35H45ClN4O/c1-27-10-8-14-33-35(27)38-34(26-41-32-17-15-31(36)16-18-32)40(33)23-9-11-29-19-24-39(25-20-29)22-7-6-21-37-28(2)30-12-4-3-5-13-30/h3-5,8,10,12-18,28-29,37H,6-7,9,11,19-26H2,1-2H3/t28-/m1/s1. The molecule has 0 saturated carbocycles. The molecular weight excluding hydrogens is 528 g/mol. The third-order valence-electron chi connectivity index (χ3n) is 8.59. The molecule has 5 nitrogen and oxygen atoms in total. The van der Waals surface area contributed by atoms with E-state index in [2.05, 4.69) is 77.2 Å². The summed E-state index contributed by atoms with van der Waals surface area (Å²) in [4.78, 5) is 7.66. The van der Waals surface area contributed by atoms with Crippen LogP contribution in [0.15, 0.2) is 72.8 Å². The van der Waals surface area contributed by atoms with Gasteiger partial charge in [0, 0.05) is 17.6 Å². The highest BCUT2D eigenvalue weighted by Gasteiger charge is 2.19. The lowest BCUT2D eigenvalue weighted by atomic mass is 9.92. The van der Waals surface area contributed by atoms with E-state index in [-0.39, 0.29) is 0 Å². The van der Waals surface area contributed by atoms with Crippen molar-refractivity contribution < 1.29 is 4.74 Å². The first-order valence-corrected chi connectivity index (χ1v) is 15.8. The van der Waals surface area contributed by atoms with E-state index in [9.17, 15) is 0 Å². The second-order valence-electron chi connectivity index (χ2n) is 11.6. The van der Waals surface area contributed by atoms with Crippen molar-refractivity contribution in [3.8, 4) is 5.75 Å². The van der Waals surface area contributed by atoms with Gasteiger partial charge >= 0.3 is 0 Å². The van der Waals surface area contributed by atoms with E-state index in [4.69, 9.17) is 21.3 Å². The van der Waals surface area contributed by atoms with Crippen LogP contribution in [0.1, 0.15) is 68.4 Å². The Kier molecular flexibility index (Phi) is 10.7. The molecule has 218 valence electrons. The number of aromatic nitrogens is 2. The Morgan fingerprint density at radius 2 is 1.71 bits per heavy atom. The van der Waals surface area contributed by atoms with Crippen LogP contribution >= 0.6 is 11.6 Å². The number of nitrogens with one attached hydrogen (secondary N) is 1. The number of nitrogens with zero attached hydrogens (tertiary/aromatic N) is 3. The Labute approximate surface area is 250 Å². The fourth-order valence-electron chi connectivity index (χ4n) is 6.05. The third kappa shape index (κ3) is 8.34. The molecule has 1 N–H and O–H groups in total. The van der Waals surface area contributed by atoms with Crippen molar-refractivity contribution >= 4 is 22.6 Å². The highest BCUT2D eigenvalue weighted by molar-refractivity contribution is 6.30. The maximum atomic E-state index is 6.09. The first kappa shape index (κ1) is 29.6. The Morgan fingerprint density at radius 1 is 0.927 bits per heavy atom. The Hall–Kier alpha value is -2.86. The lowest BCUT2D eigenvalue weighted by Crippen LogP contribution is -2.34. The molecular formula is C35H45ClN4O. The van der Waals surface area contributed by atoms with Gasteiger partial charge in [-0.05, 0) is 126 Å². The SMILES string of the molecule is Cc1cccc2c1nc(COc1ccc(Cl)cc1)n2CCCC1CCN(CCCCN[C@H](C)c2ccccc2)CC1. The van der Waals surface area contributed by atoms with Gasteiger partial charge in [0.05, 0.1) is 11.0 Å². The third-order valence-corrected chi connectivity index (χ3v) is 8.85. The highest BCUT2D eigenvalue weighted by Crippen LogP contribution is 2.26. The molecule has 6 heteroatoms. The van der Waals surface area contributed by atoms with E-state index < -0.39 is 0 Å². The predicted molar refractivity (Wildman–Crippen MR) is 171 cm³/mol. The number of hydrogen-bond donors (Lipinski definition) is 1. The average Bonchev–Trinajstić information content (AvgIpc) is 3.36. The summed E-state index contributed by atoms with van der Waals surface area (Å²) < 4.78 is 8.47. The van der Waals surface area contributed by atoms with E-state index in [0.29, 0.717) is 17.7 Å². The summed E-state index contributed by atoms with van der Waals surface area (Å²) in [5, 5.41) is 4.39. The van der Waals surface area contributed by atoms with Gasteiger partial charge in [0.25, 0.3) is 0 Å². The minimum absolute atomic E-state index is 0.420. The minimum Gasteiger partial charge on any atom is -0.486 e. The lowest BCUT2D eigenvalue weighted by molar-refractivity contribution is 0.174. The van der Waals surface area contributed by atoms with Crippen LogP contribution in [0.5, 0.6) is 5.75 Å². The van der Waals surface area contributed by atoms with Gasteiger partial charge in [0.2, 0.25) is 0 Å². The van der Waals surface area contributed by atoms with Crippen LogP contribution in [0.4, 0.5) is 0 Å². The van der Waals surface area contributed by atoms with E-state index in [1.165, 1.54) is 74.8 Å². The van der Waals surface area contributed by atoms with Gasteiger partial charge in [-0.15, -0.1) is 0 Å². The molecule has 1 fully saturated rings. The van der Waals surface area contributed by atoms with E-state index in [1.54, 1.807) is 0 Å². The molecule has 0 aliphatic carbocycles. The maximum Gasteiger partial charge on any atom is 0.148 e. The number of halogens is 1. The topological polar surface area (TPSA) is 42.3 Å². The largest absolute Gasteiger partial charge is 0.486 e. The lowest BCUT2D eigenvalue weighted by Gasteiger charge is -2.32. The van der Waals surface area contributed by atoms with Crippen molar-refractivity contribution in [2.45, 2.75) is 71.6 Å². The molecule has 0 radical (unpaired) electrons. The van der Waals surface area contributed by atoms with Crippen molar-refractivity contribution in [3.05, 3.63) is 94.8 Å². The second kappa shape index (κ2) is 14.9. The van der Waals surface area contributed by atoms with Gasteiger partial charge in [-0.25, -0.2) is 4.98 Å². The number of ether oxygens (including phenoxy) is 1. The van der Waals surface area contributed by atoms with Crippen LogP contribution < -0.4 is 10.1 Å². The van der Waals surface area contributed by atoms with Gasteiger partial charge in [-0.3, -0.25) is 0 Å². The summed E-state index contributed by atoms with van der Waals surface area (Å²) >= 11 is 6.04. The molecule has 1 atom stereocenters. The molecule has 1 aliphatic heterocycles. The van der Waals surface area contributed by atoms with Gasteiger partial charge in [-0.2, -0.15) is 0 Å². The molecule has 1 aliphatic rings. The van der Waals surface area contributed by atoms with E-state index >= 15 is 0 Å². The highest BCUT2D eigenvalue weighted by atomic mass is 35.5. The summed E-state index contributed by atoms with van der Waals surface area (Å²) in [7, 11) is 0. The summed E-state index contributed by atoms with van der Waals surface area (Å²) in [6, 6.07) is 25.2. The first-order chi connectivity index (χ1) is 20.1. The van der Waals surface area contributed by atoms with Crippen LogP contribution in [-0.4, -0.2) is 40.6 Å². The van der Waals surface area contributed by atoms with Crippen LogP contribution in [0.2, 0.25) is 5.02 Å². The molecule has 0 bridgehead atoms. The number of aryl methyl sites for hydroxylation is 2. The monoisotopic (exact) mass is 572 g/mol. The van der Waals surface area contributed by atoms with E-state index in [1.807, 2.05) is 24.3 Å². The number of piperidine rings is 1. The summed E-state index contributed by atoms with van der Waals surface area (Å²) in [5.74, 6) is 2.63. The minimum atomic E-state index is 0.420. The molecule has 5 rings (SSSR count). The van der Waals surface area contributed by atoms with Crippen LogP contribution in [-0.2, 0) is 13.2 Å². The van der Waals surface area contributed by atoms with Crippen LogP contribution in [0, 0.1) is 12.8 Å². The molecule has 0 unspecified atom stereocenters. The average molecular weight is 573 g/mol. The van der Waals surface area contributed by atoms with Crippen molar-refractivity contribution in [3.63, 3.8) is 0 Å². The van der Waals surface area contributed by atoms with Crippen LogP contribution in [0.25, 0.3) is 11.0 Å². The van der Waals surface area contributed by atoms with Crippen molar-refractivity contribution in [2.24, 2.45) is 5.92 Å². The maximum absolute atomic E-state index is 6.09. The molecule has 0 spiro atoms. The summed E-state index contributed by atoms with van der Waals surface area (Å²) in [6.07, 6.45) is 7.59. The number of benzene rings is 3. The normalized spacial score (nSPS) is 15.4. The Balaban J connectivity index is 1.03. The Bertz CT molecular complexity index is 1350. The Morgan fingerprint density at radius 3 is 2.49 bits per heavy atom.